The van der Waals surface area contributed by atoms with Crippen LogP contribution in [0, 0.1) is 5.82 Å². The maximum atomic E-state index is 13.2. The Morgan fingerprint density at radius 1 is 1.07 bits per heavy atom. The van der Waals surface area contributed by atoms with Gasteiger partial charge < -0.3 is 14.7 Å². The summed E-state index contributed by atoms with van der Waals surface area (Å²) >= 11 is 0. The lowest BCUT2D eigenvalue weighted by Crippen LogP contribution is -2.40. The van der Waals surface area contributed by atoms with Crippen molar-refractivity contribution in [2.24, 2.45) is 5.73 Å². The first-order valence-corrected chi connectivity index (χ1v) is 9.89. The summed E-state index contributed by atoms with van der Waals surface area (Å²) in [6, 6.07) is 13.5. The van der Waals surface area contributed by atoms with E-state index in [1.807, 2.05) is 0 Å². The molecule has 0 aromatic heterocycles. The van der Waals surface area contributed by atoms with E-state index in [0.717, 1.165) is 0 Å². The highest BCUT2D eigenvalue weighted by atomic mass is 32.2. The van der Waals surface area contributed by atoms with Crippen LogP contribution in [0.2, 0.25) is 0 Å². The van der Waals surface area contributed by atoms with Gasteiger partial charge in [0, 0.05) is 0 Å². The summed E-state index contributed by atoms with van der Waals surface area (Å²) in [5.74, 6) is -2.27. The fourth-order valence-corrected chi connectivity index (χ4v) is 3.89. The van der Waals surface area contributed by atoms with Crippen LogP contribution in [0.25, 0.3) is 0 Å². The Morgan fingerprint density at radius 2 is 1.64 bits per heavy atom. The summed E-state index contributed by atoms with van der Waals surface area (Å²) in [7, 11) is 0.0498. The molecule has 0 saturated heterocycles. The molecule has 0 radical (unpaired) electrons. The van der Waals surface area contributed by atoms with Crippen LogP contribution in [-0.4, -0.2) is 37.7 Å². The van der Waals surface area contributed by atoms with Crippen molar-refractivity contribution in [1.82, 2.24) is 0 Å². The lowest BCUT2D eigenvalue weighted by atomic mass is 9.65. The molecule has 1 unspecified atom stereocenters. The largest absolute Gasteiger partial charge is 0.467 e. The molecule has 2 aromatic rings. The standard InChI is InChI=1S/C17H17B3FNO5S/c18-16(10-6-8-12(21)9-7-10)14(23)13(15(22)26-16)27-28(24,25)17(19,20)11-4-2-1-3-5-11/h1-9H,18-20,22H2. The number of halogens is 1. The van der Waals surface area contributed by atoms with Crippen molar-refractivity contribution in [3.05, 3.63) is 83.2 Å². The summed E-state index contributed by atoms with van der Waals surface area (Å²) in [6.45, 7) is 0. The van der Waals surface area contributed by atoms with Crippen LogP contribution in [0.5, 0.6) is 0 Å². The van der Waals surface area contributed by atoms with E-state index < -0.39 is 43.4 Å². The Balaban J connectivity index is 1.93. The number of carbonyl (C=O) groups is 1. The third kappa shape index (κ3) is 3.19. The molecule has 0 bridgehead atoms. The predicted molar refractivity (Wildman–Crippen MR) is 109 cm³/mol. The maximum Gasteiger partial charge on any atom is 0.304 e. The molecular weight excluding hydrogens is 382 g/mol. The first-order valence-electron chi connectivity index (χ1n) is 8.48. The minimum Gasteiger partial charge on any atom is -0.467 e. The van der Waals surface area contributed by atoms with Gasteiger partial charge in [0.1, 0.15) is 21.5 Å². The van der Waals surface area contributed by atoms with Crippen molar-refractivity contribution < 1.29 is 26.5 Å². The average molecular weight is 399 g/mol. The molecule has 2 aromatic carbocycles. The van der Waals surface area contributed by atoms with Crippen molar-refractivity contribution >= 4 is 39.4 Å². The number of ketones is 1. The molecule has 0 aliphatic carbocycles. The number of carbonyl (C=O) groups excluding carboxylic acids is 1. The number of nitrogens with two attached hydrogens (primary N) is 1. The van der Waals surface area contributed by atoms with Gasteiger partial charge in [-0.3, -0.25) is 4.79 Å². The molecule has 2 N–H and O–H groups in total. The fourth-order valence-electron chi connectivity index (χ4n) is 2.88. The Hall–Kier alpha value is -2.68. The molecule has 11 heteroatoms. The first-order chi connectivity index (χ1) is 13.0. The van der Waals surface area contributed by atoms with Gasteiger partial charge in [0.15, 0.2) is 13.3 Å². The van der Waals surface area contributed by atoms with E-state index in [0.29, 0.717) is 11.1 Å². The second-order valence-electron chi connectivity index (χ2n) is 7.08. The molecule has 0 amide bonds. The van der Waals surface area contributed by atoms with Gasteiger partial charge in [-0.25, -0.2) is 4.39 Å². The fraction of sp³-hybridized carbons (Fsp3) is 0.118. The van der Waals surface area contributed by atoms with Gasteiger partial charge in [-0.15, -0.1) is 0 Å². The zero-order valence-corrected chi connectivity index (χ0v) is 16.4. The van der Waals surface area contributed by atoms with Gasteiger partial charge in [-0.05, 0) is 23.3 Å². The van der Waals surface area contributed by atoms with E-state index in [9.17, 15) is 17.6 Å². The topological polar surface area (TPSA) is 95.7 Å². The molecule has 1 aliphatic rings. The van der Waals surface area contributed by atoms with Gasteiger partial charge in [-0.1, -0.05) is 42.5 Å². The second-order valence-corrected chi connectivity index (χ2v) is 9.17. The minimum atomic E-state index is -4.30. The van der Waals surface area contributed by atoms with Crippen LogP contribution in [0.1, 0.15) is 11.1 Å². The molecule has 3 rings (SSSR count). The van der Waals surface area contributed by atoms with Crippen molar-refractivity contribution in [1.29, 1.82) is 0 Å². The predicted octanol–water partition coefficient (Wildman–Crippen LogP) is -1.24. The Bertz CT molecular complexity index is 1060. The Labute approximate surface area is 165 Å². The van der Waals surface area contributed by atoms with Crippen LogP contribution in [-0.2, 0) is 33.9 Å². The van der Waals surface area contributed by atoms with E-state index in [2.05, 4.69) is 0 Å². The molecule has 142 valence electrons. The molecular formula is C17H17B3FNO5S. The number of rotatable bonds is 5. The monoisotopic (exact) mass is 399 g/mol. The quantitative estimate of drug-likeness (QED) is 0.500. The smallest absolute Gasteiger partial charge is 0.304 e. The Kier molecular flexibility index (Phi) is 4.83. The molecule has 0 spiro atoms. The van der Waals surface area contributed by atoms with Gasteiger partial charge in [0.2, 0.25) is 17.4 Å². The molecule has 6 nitrogen and oxygen atoms in total. The van der Waals surface area contributed by atoms with Gasteiger partial charge in [0.05, 0.1) is 4.55 Å². The summed E-state index contributed by atoms with van der Waals surface area (Å²) in [4.78, 5) is 12.9. The van der Waals surface area contributed by atoms with Gasteiger partial charge in [-0.2, -0.15) is 8.42 Å². The van der Waals surface area contributed by atoms with Gasteiger partial charge >= 0.3 is 10.1 Å². The van der Waals surface area contributed by atoms with Crippen molar-refractivity contribution in [3.8, 4) is 0 Å². The van der Waals surface area contributed by atoms with Crippen LogP contribution < -0.4 is 5.73 Å². The van der Waals surface area contributed by atoms with Crippen molar-refractivity contribution in [3.63, 3.8) is 0 Å². The summed E-state index contributed by atoms with van der Waals surface area (Å²) in [6.07, 6.45) is 0. The van der Waals surface area contributed by atoms with E-state index >= 15 is 0 Å². The highest BCUT2D eigenvalue weighted by molar-refractivity contribution is 7.90. The number of hydrogen-bond donors (Lipinski definition) is 1. The number of ether oxygens (including phenoxy) is 1. The first kappa shape index (κ1) is 20.1. The van der Waals surface area contributed by atoms with Crippen LogP contribution in [0.3, 0.4) is 0 Å². The van der Waals surface area contributed by atoms with Crippen molar-refractivity contribution in [2.45, 2.75) is 10.0 Å². The van der Waals surface area contributed by atoms with Crippen LogP contribution in [0.15, 0.2) is 66.2 Å². The number of benzene rings is 2. The normalized spacial score (nSPS) is 20.1. The van der Waals surface area contributed by atoms with E-state index in [-0.39, 0.29) is 0 Å². The summed E-state index contributed by atoms with van der Waals surface area (Å²) in [5, 5.41) is 0. The van der Waals surface area contributed by atoms with Crippen molar-refractivity contribution in [2.75, 3.05) is 0 Å². The summed E-state index contributed by atoms with van der Waals surface area (Å²) < 4.78 is 48.2. The minimum absolute atomic E-state index is 0.320. The molecule has 0 saturated carbocycles. The highest BCUT2D eigenvalue weighted by Crippen LogP contribution is 2.37. The number of Topliss-reactive ketones (excluding diaryl/α,β-unsaturated/α-hetero) is 1. The molecule has 1 heterocycles. The van der Waals surface area contributed by atoms with E-state index in [1.165, 1.54) is 47.8 Å². The third-order valence-corrected chi connectivity index (χ3v) is 6.73. The zero-order valence-electron chi connectivity index (χ0n) is 15.6. The van der Waals surface area contributed by atoms with Crippen LogP contribution >= 0.6 is 0 Å². The zero-order chi connectivity index (χ0) is 20.7. The summed E-state index contributed by atoms with van der Waals surface area (Å²) in [5.41, 5.74) is 4.97. The highest BCUT2D eigenvalue weighted by Gasteiger charge is 2.50. The average Bonchev–Trinajstić information content (AvgIpc) is 2.86. The number of hydrogen-bond acceptors (Lipinski definition) is 6. The molecule has 0 fully saturated rings. The molecule has 1 aliphatic heterocycles. The van der Waals surface area contributed by atoms with E-state index in [1.54, 1.807) is 30.3 Å². The Morgan fingerprint density at radius 3 is 2.21 bits per heavy atom. The lowest BCUT2D eigenvalue weighted by molar-refractivity contribution is -0.126. The van der Waals surface area contributed by atoms with Gasteiger partial charge in [0.25, 0.3) is 0 Å². The molecule has 28 heavy (non-hydrogen) atoms. The maximum absolute atomic E-state index is 13.2. The lowest BCUT2D eigenvalue weighted by Gasteiger charge is -2.25. The SMILES string of the molecule is BC1(c2ccc(F)cc2)OC(N)=C(OS(=O)(=O)C(B)(B)c2ccccc2)C1=O. The van der Waals surface area contributed by atoms with Crippen LogP contribution in [0.4, 0.5) is 4.39 Å². The second kappa shape index (κ2) is 6.74. The molecule has 1 atom stereocenters. The third-order valence-electron chi connectivity index (χ3n) is 4.86. The van der Waals surface area contributed by atoms with E-state index in [4.69, 9.17) is 14.7 Å².